The van der Waals surface area contributed by atoms with Crippen LogP contribution in [-0.2, 0) is 16.1 Å². The number of hydrogen-bond donors (Lipinski definition) is 1. The van der Waals surface area contributed by atoms with Crippen LogP contribution in [0.5, 0.6) is 5.75 Å². The molecule has 1 atom stereocenters. The van der Waals surface area contributed by atoms with Gasteiger partial charge < -0.3 is 15.0 Å². The number of carbonyl (C=O) groups is 2. The summed E-state index contributed by atoms with van der Waals surface area (Å²) in [6.45, 7) is 8.73. The van der Waals surface area contributed by atoms with Gasteiger partial charge in [-0.3, -0.25) is 9.59 Å². The van der Waals surface area contributed by atoms with Gasteiger partial charge in [0.1, 0.15) is 11.8 Å². The highest BCUT2D eigenvalue weighted by atomic mass is 79.9. The van der Waals surface area contributed by atoms with Crippen molar-refractivity contribution < 1.29 is 14.3 Å². The van der Waals surface area contributed by atoms with Crippen LogP contribution >= 0.6 is 31.9 Å². The maximum atomic E-state index is 13.1. The fourth-order valence-corrected chi connectivity index (χ4v) is 3.76. The summed E-state index contributed by atoms with van der Waals surface area (Å²) in [7, 11) is 0. The molecule has 31 heavy (non-hydrogen) atoms. The van der Waals surface area contributed by atoms with E-state index in [1.54, 1.807) is 11.8 Å². The van der Waals surface area contributed by atoms with E-state index in [4.69, 9.17) is 4.74 Å². The summed E-state index contributed by atoms with van der Waals surface area (Å²) in [4.78, 5) is 27.2. The Labute approximate surface area is 201 Å². The molecular weight excluding hydrogens is 524 g/mol. The summed E-state index contributed by atoms with van der Waals surface area (Å²) >= 11 is 6.95. The van der Waals surface area contributed by atoms with Gasteiger partial charge >= 0.3 is 0 Å². The van der Waals surface area contributed by atoms with E-state index in [1.807, 2.05) is 49.4 Å². The number of amides is 2. The third-order valence-corrected chi connectivity index (χ3v) is 6.10. The van der Waals surface area contributed by atoms with Crippen molar-refractivity contribution in [2.45, 2.75) is 52.6 Å². The third kappa shape index (κ3) is 7.65. The van der Waals surface area contributed by atoms with E-state index in [-0.39, 0.29) is 18.4 Å². The van der Waals surface area contributed by atoms with Crippen LogP contribution in [0.1, 0.15) is 51.2 Å². The molecule has 2 amide bonds. The second-order valence-electron chi connectivity index (χ2n) is 7.75. The summed E-state index contributed by atoms with van der Waals surface area (Å²) in [5, 5.41) is 2.87. The van der Waals surface area contributed by atoms with Crippen LogP contribution in [0.2, 0.25) is 0 Å². The summed E-state index contributed by atoms with van der Waals surface area (Å²) in [5.74, 6) is 0.581. The molecule has 0 bridgehead atoms. The molecule has 0 spiro atoms. The van der Waals surface area contributed by atoms with Gasteiger partial charge in [0, 0.05) is 17.6 Å². The van der Waals surface area contributed by atoms with Gasteiger partial charge in [-0.25, -0.2) is 0 Å². The van der Waals surface area contributed by atoms with Crippen LogP contribution in [0, 0.1) is 0 Å². The number of ether oxygens (including phenoxy) is 1. The first-order valence-corrected chi connectivity index (χ1v) is 12.0. The van der Waals surface area contributed by atoms with Crippen molar-refractivity contribution in [2.75, 3.05) is 13.2 Å². The molecule has 1 N–H and O–H groups in total. The Kier molecular flexibility index (Phi) is 10.0. The predicted molar refractivity (Wildman–Crippen MR) is 131 cm³/mol. The minimum Gasteiger partial charge on any atom is -0.483 e. The number of nitrogens with one attached hydrogen (secondary N) is 1. The van der Waals surface area contributed by atoms with Gasteiger partial charge in [-0.05, 0) is 70.6 Å². The van der Waals surface area contributed by atoms with E-state index in [2.05, 4.69) is 51.0 Å². The molecule has 0 fully saturated rings. The first-order valence-electron chi connectivity index (χ1n) is 10.5. The van der Waals surface area contributed by atoms with E-state index in [0.29, 0.717) is 24.8 Å². The average molecular weight is 554 g/mol. The molecule has 0 radical (unpaired) electrons. The van der Waals surface area contributed by atoms with Gasteiger partial charge in [0.05, 0.1) is 4.47 Å². The first-order chi connectivity index (χ1) is 14.7. The molecule has 0 aliphatic rings. The maximum absolute atomic E-state index is 13.1. The molecule has 0 saturated heterocycles. The molecule has 0 saturated carbocycles. The lowest BCUT2D eigenvalue weighted by molar-refractivity contribution is -0.142. The minimum absolute atomic E-state index is 0.151. The smallest absolute Gasteiger partial charge is 0.261 e. The Balaban J connectivity index is 2.14. The topological polar surface area (TPSA) is 58.6 Å². The van der Waals surface area contributed by atoms with Gasteiger partial charge in [-0.2, -0.15) is 0 Å². The Hall–Kier alpha value is -1.86. The highest BCUT2D eigenvalue weighted by molar-refractivity contribution is 9.10. The summed E-state index contributed by atoms with van der Waals surface area (Å²) in [5.41, 5.74) is 2.12. The minimum atomic E-state index is -0.613. The number of halogens is 2. The number of nitrogens with zero attached hydrogens (tertiary/aromatic N) is 1. The molecule has 2 aromatic rings. The molecule has 2 rings (SSSR count). The average Bonchev–Trinajstić information content (AvgIpc) is 2.75. The van der Waals surface area contributed by atoms with Crippen molar-refractivity contribution in [1.82, 2.24) is 10.2 Å². The van der Waals surface area contributed by atoms with Crippen molar-refractivity contribution in [3.05, 3.63) is 62.5 Å². The van der Waals surface area contributed by atoms with Gasteiger partial charge in [-0.15, -0.1) is 0 Å². The Bertz CT molecular complexity index is 885. The van der Waals surface area contributed by atoms with E-state index >= 15 is 0 Å². The number of benzene rings is 2. The van der Waals surface area contributed by atoms with Crippen molar-refractivity contribution in [3.63, 3.8) is 0 Å². The molecule has 0 aliphatic carbocycles. The highest BCUT2D eigenvalue weighted by Crippen LogP contribution is 2.29. The van der Waals surface area contributed by atoms with Gasteiger partial charge in [0.15, 0.2) is 6.61 Å². The Morgan fingerprint density at radius 3 is 2.32 bits per heavy atom. The summed E-state index contributed by atoms with van der Waals surface area (Å²) in [6.07, 6.45) is 0.836. The molecule has 0 aromatic heterocycles. The zero-order valence-corrected chi connectivity index (χ0v) is 21.6. The highest BCUT2D eigenvalue weighted by Gasteiger charge is 2.26. The van der Waals surface area contributed by atoms with Gasteiger partial charge in [-0.1, -0.05) is 54.9 Å². The lowest BCUT2D eigenvalue weighted by Gasteiger charge is -2.29. The molecule has 0 unspecified atom stereocenters. The van der Waals surface area contributed by atoms with Crippen LogP contribution in [-0.4, -0.2) is 35.9 Å². The quantitative estimate of drug-likeness (QED) is 0.413. The Morgan fingerprint density at radius 1 is 1.06 bits per heavy atom. The number of carbonyl (C=O) groups excluding carboxylic acids is 2. The van der Waals surface area contributed by atoms with E-state index < -0.39 is 6.04 Å². The van der Waals surface area contributed by atoms with Gasteiger partial charge in [0.25, 0.3) is 5.91 Å². The number of hydrogen-bond acceptors (Lipinski definition) is 3. The van der Waals surface area contributed by atoms with Crippen LogP contribution in [0.4, 0.5) is 0 Å². The summed E-state index contributed by atoms with van der Waals surface area (Å²) in [6, 6.07) is 13.0. The fourth-order valence-electron chi connectivity index (χ4n) is 2.98. The van der Waals surface area contributed by atoms with Crippen LogP contribution in [0.25, 0.3) is 0 Å². The monoisotopic (exact) mass is 552 g/mol. The maximum Gasteiger partial charge on any atom is 0.261 e. The van der Waals surface area contributed by atoms with E-state index in [1.165, 1.54) is 5.56 Å². The molecule has 2 aromatic carbocycles. The molecular formula is C24H30Br2N2O3. The molecule has 168 valence electrons. The molecule has 5 nitrogen and oxygen atoms in total. The lowest BCUT2D eigenvalue weighted by atomic mass is 10.0. The van der Waals surface area contributed by atoms with E-state index in [0.717, 1.165) is 20.9 Å². The van der Waals surface area contributed by atoms with Crippen molar-refractivity contribution in [2.24, 2.45) is 0 Å². The largest absolute Gasteiger partial charge is 0.483 e. The lowest BCUT2D eigenvalue weighted by Crippen LogP contribution is -2.49. The molecule has 0 heterocycles. The van der Waals surface area contributed by atoms with Crippen LogP contribution in [0.3, 0.4) is 0 Å². The van der Waals surface area contributed by atoms with E-state index in [9.17, 15) is 9.59 Å². The third-order valence-electron chi connectivity index (χ3n) is 4.96. The zero-order valence-electron chi connectivity index (χ0n) is 18.5. The van der Waals surface area contributed by atoms with Crippen LogP contribution < -0.4 is 10.1 Å². The summed E-state index contributed by atoms with van der Waals surface area (Å²) < 4.78 is 7.57. The van der Waals surface area contributed by atoms with Crippen molar-refractivity contribution in [3.8, 4) is 5.75 Å². The second kappa shape index (κ2) is 12.2. The first kappa shape index (κ1) is 25.4. The zero-order chi connectivity index (χ0) is 23.0. The van der Waals surface area contributed by atoms with Gasteiger partial charge in [0.2, 0.25) is 5.91 Å². The molecule has 7 heteroatoms. The van der Waals surface area contributed by atoms with Crippen molar-refractivity contribution >= 4 is 43.7 Å². The SMILES string of the molecule is CCCNC(=O)[C@H](C)N(Cc1ccc(Br)cc1)C(=O)COc1ccc(C(C)C)cc1Br. The fraction of sp³-hybridized carbons (Fsp3) is 0.417. The van der Waals surface area contributed by atoms with Crippen molar-refractivity contribution in [1.29, 1.82) is 0 Å². The number of rotatable bonds is 10. The molecule has 0 aliphatic heterocycles. The predicted octanol–water partition coefficient (Wildman–Crippen LogP) is 5.66. The second-order valence-corrected chi connectivity index (χ2v) is 9.52. The van der Waals surface area contributed by atoms with Crippen LogP contribution in [0.15, 0.2) is 51.4 Å². The Morgan fingerprint density at radius 2 is 1.74 bits per heavy atom. The normalized spacial score (nSPS) is 11.8. The standard InChI is InChI=1S/C24H30Br2N2O3/c1-5-12-27-24(30)17(4)28(14-18-6-9-20(25)10-7-18)23(29)15-31-22-11-8-19(16(2)3)13-21(22)26/h6-11,13,16-17H,5,12,14-15H2,1-4H3,(H,27,30)/t17-/m0/s1.